The molecule has 2 atom stereocenters. The molecule has 0 aliphatic heterocycles. The summed E-state index contributed by atoms with van der Waals surface area (Å²) >= 11 is 0. The van der Waals surface area contributed by atoms with E-state index in [-0.39, 0.29) is 5.41 Å². The molecular weight excluding hydrogens is 340 g/mol. The summed E-state index contributed by atoms with van der Waals surface area (Å²) in [5, 5.41) is 0. The van der Waals surface area contributed by atoms with Crippen LogP contribution < -0.4 is 0 Å². The third kappa shape index (κ3) is 3.01. The van der Waals surface area contributed by atoms with E-state index >= 15 is 0 Å². The lowest BCUT2D eigenvalue weighted by Crippen LogP contribution is -2.05. The van der Waals surface area contributed by atoms with E-state index in [9.17, 15) is 0 Å². The van der Waals surface area contributed by atoms with Crippen LogP contribution in [0.25, 0.3) is 22.5 Å². The maximum Gasteiger partial charge on any atom is 0.0705 e. The fraction of sp³-hybridized carbons (Fsp3) is 0.154. The minimum Gasteiger partial charge on any atom is -0.256 e. The molecule has 0 spiro atoms. The molecule has 1 aliphatic rings. The summed E-state index contributed by atoms with van der Waals surface area (Å²) in [6.45, 7) is 2.35. The van der Waals surface area contributed by atoms with Gasteiger partial charge in [0.15, 0.2) is 0 Å². The van der Waals surface area contributed by atoms with Crippen LogP contribution in [0.3, 0.4) is 0 Å². The molecule has 136 valence electrons. The van der Waals surface area contributed by atoms with Crippen LogP contribution in [0.5, 0.6) is 0 Å². The Kier molecular flexibility index (Phi) is 4.05. The van der Waals surface area contributed by atoms with Gasteiger partial charge in [-0.1, -0.05) is 67.6 Å². The number of rotatable bonds is 4. The second kappa shape index (κ2) is 6.72. The Hall–Kier alpha value is -3.26. The first-order valence-electron chi connectivity index (χ1n) is 9.78. The highest BCUT2D eigenvalue weighted by Crippen LogP contribution is 2.60. The average Bonchev–Trinajstić information content (AvgIpc) is 3.48. The van der Waals surface area contributed by atoms with Crippen molar-refractivity contribution in [3.8, 4) is 22.5 Å². The second-order valence-electron chi connectivity index (χ2n) is 7.78. The summed E-state index contributed by atoms with van der Waals surface area (Å²) in [7, 11) is 0. The number of hydrogen-bond acceptors (Lipinski definition) is 2. The van der Waals surface area contributed by atoms with Crippen LogP contribution in [0.1, 0.15) is 30.5 Å². The van der Waals surface area contributed by atoms with Gasteiger partial charge in [-0.3, -0.25) is 9.97 Å². The van der Waals surface area contributed by atoms with Crippen molar-refractivity contribution in [2.45, 2.75) is 24.7 Å². The van der Waals surface area contributed by atoms with E-state index in [2.05, 4.69) is 84.7 Å². The quantitative estimate of drug-likeness (QED) is 0.428. The van der Waals surface area contributed by atoms with Gasteiger partial charge in [0, 0.05) is 34.4 Å². The minimum atomic E-state index is 0.132. The Morgan fingerprint density at radius 2 is 1.50 bits per heavy atom. The van der Waals surface area contributed by atoms with Gasteiger partial charge in [-0.05, 0) is 42.3 Å². The first-order chi connectivity index (χ1) is 13.7. The van der Waals surface area contributed by atoms with Crippen molar-refractivity contribution in [3.63, 3.8) is 0 Å². The zero-order valence-electron chi connectivity index (χ0n) is 15.9. The van der Waals surface area contributed by atoms with Crippen molar-refractivity contribution in [2.75, 3.05) is 0 Å². The van der Waals surface area contributed by atoms with Crippen LogP contribution >= 0.6 is 0 Å². The molecule has 1 fully saturated rings. The van der Waals surface area contributed by atoms with Crippen LogP contribution in [0.2, 0.25) is 0 Å². The van der Waals surface area contributed by atoms with Gasteiger partial charge < -0.3 is 0 Å². The third-order valence-corrected chi connectivity index (χ3v) is 5.92. The lowest BCUT2D eigenvalue weighted by Gasteiger charge is -2.14. The zero-order chi connectivity index (χ0) is 19.0. The molecule has 2 nitrogen and oxygen atoms in total. The van der Waals surface area contributed by atoms with Crippen molar-refractivity contribution in [1.82, 2.24) is 9.97 Å². The van der Waals surface area contributed by atoms with Crippen molar-refractivity contribution in [2.24, 2.45) is 0 Å². The SMILES string of the molecule is CC1(c2cccc(-c3ccccn3)c2)CC1c1cccc(-c2ccccc2)n1. The first kappa shape index (κ1) is 16.9. The van der Waals surface area contributed by atoms with E-state index in [1.165, 1.54) is 22.4 Å². The maximum atomic E-state index is 4.99. The highest BCUT2D eigenvalue weighted by atomic mass is 14.8. The molecule has 0 saturated heterocycles. The molecule has 1 aliphatic carbocycles. The lowest BCUT2D eigenvalue weighted by molar-refractivity contribution is 0.739. The lowest BCUT2D eigenvalue weighted by atomic mass is 9.92. The Morgan fingerprint density at radius 1 is 0.750 bits per heavy atom. The van der Waals surface area contributed by atoms with Gasteiger partial charge in [0.2, 0.25) is 0 Å². The molecule has 2 heterocycles. The average molecular weight is 362 g/mol. The van der Waals surface area contributed by atoms with Gasteiger partial charge in [-0.2, -0.15) is 0 Å². The first-order valence-corrected chi connectivity index (χ1v) is 9.78. The van der Waals surface area contributed by atoms with E-state index < -0.39 is 0 Å². The molecule has 4 aromatic rings. The monoisotopic (exact) mass is 362 g/mol. The number of hydrogen-bond donors (Lipinski definition) is 0. The number of pyridine rings is 2. The molecule has 5 rings (SSSR count). The van der Waals surface area contributed by atoms with Gasteiger partial charge in [0.05, 0.1) is 11.4 Å². The van der Waals surface area contributed by atoms with Gasteiger partial charge in [-0.25, -0.2) is 0 Å². The van der Waals surface area contributed by atoms with Crippen LogP contribution in [-0.4, -0.2) is 9.97 Å². The highest BCUT2D eigenvalue weighted by Gasteiger charge is 2.52. The summed E-state index contributed by atoms with van der Waals surface area (Å²) in [4.78, 5) is 9.50. The zero-order valence-corrected chi connectivity index (χ0v) is 15.9. The summed E-state index contributed by atoms with van der Waals surface area (Å²) in [5.74, 6) is 0.454. The van der Waals surface area contributed by atoms with Crippen molar-refractivity contribution in [3.05, 3.63) is 108 Å². The van der Waals surface area contributed by atoms with E-state index in [0.29, 0.717) is 5.92 Å². The van der Waals surface area contributed by atoms with Crippen LogP contribution in [-0.2, 0) is 5.41 Å². The molecule has 0 amide bonds. The van der Waals surface area contributed by atoms with Crippen LogP contribution in [0.4, 0.5) is 0 Å². The van der Waals surface area contributed by atoms with Crippen molar-refractivity contribution in [1.29, 1.82) is 0 Å². The molecular formula is C26H22N2. The van der Waals surface area contributed by atoms with E-state index in [1.54, 1.807) is 0 Å². The molecule has 0 bridgehead atoms. The Bertz CT molecular complexity index is 1110. The number of nitrogens with zero attached hydrogens (tertiary/aromatic N) is 2. The third-order valence-electron chi connectivity index (χ3n) is 5.92. The Labute approximate surface area is 165 Å². The van der Waals surface area contributed by atoms with E-state index in [4.69, 9.17) is 4.98 Å². The second-order valence-corrected chi connectivity index (χ2v) is 7.78. The molecule has 2 unspecified atom stereocenters. The molecule has 2 aromatic carbocycles. The molecule has 28 heavy (non-hydrogen) atoms. The van der Waals surface area contributed by atoms with Gasteiger partial charge in [0.25, 0.3) is 0 Å². The summed E-state index contributed by atoms with van der Waals surface area (Å²) in [6, 6.07) is 31.7. The normalized spacial score (nSPS) is 20.7. The fourth-order valence-electron chi connectivity index (χ4n) is 4.10. The molecule has 0 radical (unpaired) electrons. The maximum absolute atomic E-state index is 4.99. The highest BCUT2D eigenvalue weighted by molar-refractivity contribution is 5.62. The number of benzene rings is 2. The van der Waals surface area contributed by atoms with Gasteiger partial charge in [-0.15, -0.1) is 0 Å². The number of aromatic nitrogens is 2. The topological polar surface area (TPSA) is 25.8 Å². The molecule has 2 aromatic heterocycles. The van der Waals surface area contributed by atoms with Crippen molar-refractivity contribution >= 4 is 0 Å². The molecule has 1 saturated carbocycles. The standard InChI is InChI=1S/C26H22N2/c1-26(21-12-7-11-20(17-21)23-13-5-6-16-27-23)18-22(26)25-15-8-14-24(28-25)19-9-3-2-4-10-19/h2-17,22H,18H2,1H3. The predicted molar refractivity (Wildman–Crippen MR) is 114 cm³/mol. The summed E-state index contributed by atoms with van der Waals surface area (Å²) in [6.07, 6.45) is 2.98. The van der Waals surface area contributed by atoms with Crippen molar-refractivity contribution < 1.29 is 0 Å². The fourth-order valence-corrected chi connectivity index (χ4v) is 4.10. The summed E-state index contributed by atoms with van der Waals surface area (Å²) in [5.41, 5.74) is 7.11. The Balaban J connectivity index is 1.45. The van der Waals surface area contributed by atoms with Crippen LogP contribution in [0, 0.1) is 0 Å². The predicted octanol–water partition coefficient (Wildman–Crippen LogP) is 6.26. The van der Waals surface area contributed by atoms with Gasteiger partial charge in [0.1, 0.15) is 0 Å². The minimum absolute atomic E-state index is 0.132. The van der Waals surface area contributed by atoms with E-state index in [0.717, 1.165) is 17.8 Å². The summed E-state index contributed by atoms with van der Waals surface area (Å²) < 4.78 is 0. The van der Waals surface area contributed by atoms with E-state index in [1.807, 2.05) is 24.4 Å². The van der Waals surface area contributed by atoms with Gasteiger partial charge >= 0.3 is 0 Å². The Morgan fingerprint density at radius 3 is 2.32 bits per heavy atom. The van der Waals surface area contributed by atoms with Crippen LogP contribution in [0.15, 0.2) is 97.2 Å². The molecule has 2 heteroatoms. The smallest absolute Gasteiger partial charge is 0.0705 e. The molecule has 0 N–H and O–H groups in total. The largest absolute Gasteiger partial charge is 0.256 e.